The van der Waals surface area contributed by atoms with Gasteiger partial charge < -0.3 is 0 Å². The van der Waals surface area contributed by atoms with Crippen LogP contribution in [0, 0.1) is 11.8 Å². The Hall–Kier alpha value is -3.27. The molecule has 0 spiro atoms. The van der Waals surface area contributed by atoms with Gasteiger partial charge in [0.05, 0.1) is 23.7 Å². The van der Waals surface area contributed by atoms with E-state index in [1.807, 2.05) is 24.3 Å². The second kappa shape index (κ2) is 5.13. The number of nitrogens with zero attached hydrogens (tertiary/aromatic N) is 2. The maximum Gasteiger partial charge on any atom is 0.238 e. The van der Waals surface area contributed by atoms with Crippen molar-refractivity contribution < 1.29 is 9.59 Å². The summed E-state index contributed by atoms with van der Waals surface area (Å²) in [5, 5.41) is 0. The molecule has 0 N–H and O–H groups in total. The largest absolute Gasteiger partial charge is 0.274 e. The summed E-state index contributed by atoms with van der Waals surface area (Å²) in [5.41, 5.74) is 5.33. The summed E-state index contributed by atoms with van der Waals surface area (Å²) in [7, 11) is 0. The van der Waals surface area contributed by atoms with Crippen molar-refractivity contribution in [2.45, 2.75) is 11.8 Å². The van der Waals surface area contributed by atoms with Gasteiger partial charge in [0, 0.05) is 18.0 Å². The molecule has 7 rings (SSSR count). The molecule has 4 nitrogen and oxygen atoms in total. The van der Waals surface area contributed by atoms with E-state index in [0.29, 0.717) is 5.69 Å². The fraction of sp³-hybridized carbons (Fsp3) is 0.174. The summed E-state index contributed by atoms with van der Waals surface area (Å²) < 4.78 is 0. The summed E-state index contributed by atoms with van der Waals surface area (Å²) in [6.07, 6.45) is 3.24. The summed E-state index contributed by atoms with van der Waals surface area (Å²) in [4.78, 5) is 32.3. The molecule has 2 amide bonds. The molecule has 27 heavy (non-hydrogen) atoms. The Morgan fingerprint density at radius 3 is 1.56 bits per heavy atom. The summed E-state index contributed by atoms with van der Waals surface area (Å²) >= 11 is 0. The number of aromatic nitrogens is 1. The molecule has 3 aliphatic carbocycles. The van der Waals surface area contributed by atoms with Crippen molar-refractivity contribution >= 4 is 17.5 Å². The SMILES string of the molecule is O=C1[C@@H]2C3c4ccccc4C(c4ccccc43)[C@@H]2C(=O)N1c1cccnc1. The van der Waals surface area contributed by atoms with E-state index in [4.69, 9.17) is 0 Å². The zero-order valence-corrected chi connectivity index (χ0v) is 14.4. The molecule has 0 unspecified atom stereocenters. The average Bonchev–Trinajstić information content (AvgIpc) is 3.00. The Morgan fingerprint density at radius 1 is 0.667 bits per heavy atom. The van der Waals surface area contributed by atoms with E-state index in [-0.39, 0.29) is 35.5 Å². The van der Waals surface area contributed by atoms with Crippen LogP contribution in [0.2, 0.25) is 0 Å². The summed E-state index contributed by atoms with van der Waals surface area (Å²) in [6, 6.07) is 20.1. The van der Waals surface area contributed by atoms with Gasteiger partial charge in [-0.2, -0.15) is 0 Å². The molecule has 0 radical (unpaired) electrons. The normalized spacial score (nSPS) is 27.3. The molecular formula is C23H16N2O2. The number of carbonyl (C=O) groups is 2. The molecule has 130 valence electrons. The number of anilines is 1. The zero-order valence-electron chi connectivity index (χ0n) is 14.4. The first-order chi connectivity index (χ1) is 13.3. The molecule has 1 aliphatic heterocycles. The van der Waals surface area contributed by atoms with Crippen LogP contribution >= 0.6 is 0 Å². The Morgan fingerprint density at radius 2 is 1.15 bits per heavy atom. The first kappa shape index (κ1) is 14.9. The summed E-state index contributed by atoms with van der Waals surface area (Å²) in [5.74, 6) is -1.01. The molecule has 1 aromatic heterocycles. The van der Waals surface area contributed by atoms with Gasteiger partial charge in [-0.3, -0.25) is 14.6 Å². The van der Waals surface area contributed by atoms with E-state index in [2.05, 4.69) is 29.2 Å². The molecule has 2 aromatic carbocycles. The van der Waals surface area contributed by atoms with Gasteiger partial charge in [-0.15, -0.1) is 0 Å². The van der Waals surface area contributed by atoms with Crippen LogP contribution in [-0.4, -0.2) is 16.8 Å². The van der Waals surface area contributed by atoms with Crippen molar-refractivity contribution in [1.82, 2.24) is 4.98 Å². The van der Waals surface area contributed by atoms with Gasteiger partial charge in [0.1, 0.15) is 0 Å². The van der Waals surface area contributed by atoms with Gasteiger partial charge in [-0.1, -0.05) is 48.5 Å². The topological polar surface area (TPSA) is 50.3 Å². The van der Waals surface area contributed by atoms with Crippen molar-refractivity contribution in [3.8, 4) is 0 Å². The Balaban J connectivity index is 1.60. The van der Waals surface area contributed by atoms with Gasteiger partial charge >= 0.3 is 0 Å². The minimum atomic E-state index is -0.340. The van der Waals surface area contributed by atoms with Crippen LogP contribution in [0.4, 0.5) is 5.69 Å². The third-order valence-corrected chi connectivity index (χ3v) is 6.35. The van der Waals surface area contributed by atoms with Gasteiger partial charge in [0.25, 0.3) is 0 Å². The first-order valence-electron chi connectivity index (χ1n) is 9.23. The number of carbonyl (C=O) groups excluding carboxylic acids is 2. The van der Waals surface area contributed by atoms with Crippen LogP contribution in [0.5, 0.6) is 0 Å². The second-order valence-corrected chi connectivity index (χ2v) is 7.49. The third kappa shape index (κ3) is 1.75. The molecule has 1 fully saturated rings. The number of pyridine rings is 1. The van der Waals surface area contributed by atoms with Crippen molar-refractivity contribution in [3.05, 3.63) is 95.3 Å². The first-order valence-corrected chi connectivity index (χ1v) is 9.23. The number of benzene rings is 2. The predicted molar refractivity (Wildman–Crippen MR) is 100 cm³/mol. The molecule has 1 saturated heterocycles. The van der Waals surface area contributed by atoms with Crippen molar-refractivity contribution in [2.75, 3.05) is 4.90 Å². The lowest BCUT2D eigenvalue weighted by molar-refractivity contribution is -0.122. The van der Waals surface area contributed by atoms with Gasteiger partial charge in [-0.05, 0) is 34.4 Å². The molecule has 3 aromatic rings. The summed E-state index contributed by atoms with van der Waals surface area (Å²) in [6.45, 7) is 0. The van der Waals surface area contributed by atoms with Gasteiger partial charge in [-0.25, -0.2) is 4.90 Å². The van der Waals surface area contributed by atoms with Crippen LogP contribution < -0.4 is 4.90 Å². The Labute approximate surface area is 156 Å². The monoisotopic (exact) mass is 352 g/mol. The second-order valence-electron chi connectivity index (χ2n) is 7.49. The van der Waals surface area contributed by atoms with Crippen molar-refractivity contribution in [3.63, 3.8) is 0 Å². The smallest absolute Gasteiger partial charge is 0.238 e. The number of imide groups is 1. The number of hydrogen-bond donors (Lipinski definition) is 0. The van der Waals surface area contributed by atoms with Crippen LogP contribution in [0.3, 0.4) is 0 Å². The maximum atomic E-state index is 13.4. The third-order valence-electron chi connectivity index (χ3n) is 6.35. The lowest BCUT2D eigenvalue weighted by atomic mass is 9.55. The highest BCUT2D eigenvalue weighted by molar-refractivity contribution is 6.23. The number of hydrogen-bond acceptors (Lipinski definition) is 3. The average molecular weight is 352 g/mol. The lowest BCUT2D eigenvalue weighted by Gasteiger charge is -2.45. The highest BCUT2D eigenvalue weighted by atomic mass is 16.2. The van der Waals surface area contributed by atoms with E-state index in [0.717, 1.165) is 0 Å². The minimum absolute atomic E-state index is 0.0643. The molecule has 2 heterocycles. The van der Waals surface area contributed by atoms with Crippen LogP contribution in [0.15, 0.2) is 73.1 Å². The fourth-order valence-corrected chi connectivity index (χ4v) is 5.42. The van der Waals surface area contributed by atoms with E-state index < -0.39 is 0 Å². The predicted octanol–water partition coefficient (Wildman–Crippen LogP) is 3.48. The maximum absolute atomic E-state index is 13.4. The lowest BCUT2D eigenvalue weighted by Crippen LogP contribution is -2.41. The minimum Gasteiger partial charge on any atom is -0.274 e. The van der Waals surface area contributed by atoms with Crippen molar-refractivity contribution in [2.24, 2.45) is 11.8 Å². The van der Waals surface area contributed by atoms with E-state index >= 15 is 0 Å². The van der Waals surface area contributed by atoms with Crippen molar-refractivity contribution in [1.29, 1.82) is 0 Å². The molecule has 4 heteroatoms. The standard InChI is InChI=1S/C23H16N2O2/c26-22-20-18-14-7-1-2-8-15(14)19(17-10-4-3-9-16(17)18)21(20)23(27)25(22)13-6-5-11-24-12-13/h1-12,18-21H/t18?,19?,20-,21+. The van der Waals surface area contributed by atoms with Gasteiger partial charge in [0.15, 0.2) is 0 Å². The van der Waals surface area contributed by atoms with E-state index in [1.54, 1.807) is 24.5 Å². The quantitative estimate of drug-likeness (QED) is 0.630. The number of rotatable bonds is 1. The Bertz CT molecular complexity index is 993. The van der Waals surface area contributed by atoms with Crippen LogP contribution in [0.25, 0.3) is 0 Å². The fourth-order valence-electron chi connectivity index (χ4n) is 5.42. The van der Waals surface area contributed by atoms with E-state index in [9.17, 15) is 9.59 Å². The highest BCUT2D eigenvalue weighted by Crippen LogP contribution is 2.61. The molecule has 2 atom stereocenters. The molecular weight excluding hydrogens is 336 g/mol. The van der Waals surface area contributed by atoms with Gasteiger partial charge in [0.2, 0.25) is 11.8 Å². The van der Waals surface area contributed by atoms with Crippen LogP contribution in [-0.2, 0) is 9.59 Å². The Kier molecular flexibility index (Phi) is 2.82. The number of amides is 2. The highest BCUT2D eigenvalue weighted by Gasteiger charge is 2.61. The van der Waals surface area contributed by atoms with E-state index in [1.165, 1.54) is 27.2 Å². The van der Waals surface area contributed by atoms with Crippen LogP contribution in [0.1, 0.15) is 34.1 Å². The molecule has 2 bridgehead atoms. The molecule has 0 saturated carbocycles. The zero-order chi connectivity index (χ0) is 18.1. The molecule has 4 aliphatic rings.